The Balaban J connectivity index is 1.41. The zero-order chi connectivity index (χ0) is 19.8. The van der Waals surface area contributed by atoms with Crippen molar-refractivity contribution in [3.05, 3.63) is 30.4 Å². The van der Waals surface area contributed by atoms with Crippen molar-refractivity contribution < 1.29 is 14.8 Å². The fraction of sp³-hybridized carbons (Fsp3) is 0.474. The van der Waals surface area contributed by atoms with E-state index in [0.717, 1.165) is 29.7 Å². The Morgan fingerprint density at radius 1 is 1.39 bits per heavy atom. The summed E-state index contributed by atoms with van der Waals surface area (Å²) in [5, 5.41) is 12.7. The number of carbonyl (C=O) groups is 1. The first-order valence-corrected chi connectivity index (χ1v) is 9.52. The molecule has 9 heteroatoms. The van der Waals surface area contributed by atoms with Crippen molar-refractivity contribution >= 4 is 28.8 Å². The minimum absolute atomic E-state index is 0.343. The van der Waals surface area contributed by atoms with Crippen LogP contribution in [-0.2, 0) is 0 Å². The summed E-state index contributed by atoms with van der Waals surface area (Å²) in [6.07, 6.45) is 6.70. The van der Waals surface area contributed by atoms with Gasteiger partial charge in [-0.3, -0.25) is 4.90 Å². The van der Waals surface area contributed by atoms with E-state index in [2.05, 4.69) is 27.0 Å². The molecule has 3 atom stereocenters. The predicted octanol–water partition coefficient (Wildman–Crippen LogP) is -0.444. The summed E-state index contributed by atoms with van der Waals surface area (Å²) in [4.78, 5) is 30.8. The molecule has 0 spiro atoms. The van der Waals surface area contributed by atoms with Gasteiger partial charge in [-0.2, -0.15) is 4.98 Å². The molecule has 0 bridgehead atoms. The van der Waals surface area contributed by atoms with Crippen LogP contribution in [0.15, 0.2) is 35.4 Å². The highest BCUT2D eigenvalue weighted by atomic mass is 16.3. The summed E-state index contributed by atoms with van der Waals surface area (Å²) in [6.45, 7) is 2.90. The van der Waals surface area contributed by atoms with Crippen molar-refractivity contribution in [2.45, 2.75) is 25.8 Å². The van der Waals surface area contributed by atoms with Crippen LogP contribution in [0.1, 0.15) is 19.8 Å². The van der Waals surface area contributed by atoms with E-state index in [1.165, 1.54) is 11.0 Å². The number of aromatic amines is 1. The van der Waals surface area contributed by atoms with Gasteiger partial charge < -0.3 is 20.7 Å². The van der Waals surface area contributed by atoms with Crippen LogP contribution in [0.5, 0.6) is 0 Å². The van der Waals surface area contributed by atoms with Gasteiger partial charge in [-0.1, -0.05) is 0 Å². The molecule has 28 heavy (non-hydrogen) atoms. The Morgan fingerprint density at radius 2 is 2.11 bits per heavy atom. The molecule has 2 fully saturated rings. The van der Waals surface area contributed by atoms with Crippen molar-refractivity contribution in [3.8, 4) is 0 Å². The van der Waals surface area contributed by atoms with Crippen LogP contribution >= 0.6 is 0 Å². The molecular formula is C19H25N7O2. The highest BCUT2D eigenvalue weighted by molar-refractivity contribution is 5.94. The lowest BCUT2D eigenvalue weighted by Crippen LogP contribution is -3.08. The Morgan fingerprint density at radius 3 is 2.79 bits per heavy atom. The standard InChI is InChI=1S/C19H25N7O2/c1-11(20)5-16(27)24-19(28)26-8-12-6-14(7-13(12)9-26)25(2)18-15-3-4-21-17(15)22-10-23-18/h3-5,10,12-14H,6-9,20H2,1-2H3,(H,21,22,23)(H,24,27,28). The maximum Gasteiger partial charge on any atom is 0.342 e. The van der Waals surface area contributed by atoms with Crippen molar-refractivity contribution in [2.24, 2.45) is 22.6 Å². The average molecular weight is 383 g/mol. The van der Waals surface area contributed by atoms with E-state index >= 15 is 0 Å². The SMILES string of the molecule is CC(N)=CC([O-])=NC(=O)N1CC2CC([NH+](C)c3ncnc4[nH]ccc34)CC2C1. The number of amides is 2. The van der Waals surface area contributed by atoms with Gasteiger partial charge >= 0.3 is 6.03 Å². The van der Waals surface area contributed by atoms with Crippen molar-refractivity contribution in [2.75, 3.05) is 20.1 Å². The number of aromatic nitrogens is 3. The minimum Gasteiger partial charge on any atom is -0.858 e. The third kappa shape index (κ3) is 3.45. The first kappa shape index (κ1) is 18.4. The number of nitrogens with one attached hydrogen (secondary N) is 2. The minimum atomic E-state index is -0.594. The zero-order valence-electron chi connectivity index (χ0n) is 16.1. The number of hydrogen-bond donors (Lipinski definition) is 3. The molecule has 1 aliphatic carbocycles. The number of likely N-dealkylation sites (tertiary alicyclic amines) is 1. The van der Waals surface area contributed by atoms with Gasteiger partial charge in [-0.05, 0) is 36.8 Å². The van der Waals surface area contributed by atoms with Crippen LogP contribution in [0.3, 0.4) is 0 Å². The summed E-state index contributed by atoms with van der Waals surface area (Å²) in [5.41, 5.74) is 6.66. The van der Waals surface area contributed by atoms with Crippen LogP contribution in [-0.4, -0.2) is 58.0 Å². The van der Waals surface area contributed by atoms with Crippen molar-refractivity contribution in [1.82, 2.24) is 19.9 Å². The molecule has 1 saturated heterocycles. The summed E-state index contributed by atoms with van der Waals surface area (Å²) in [7, 11) is 2.15. The summed E-state index contributed by atoms with van der Waals surface area (Å²) >= 11 is 0. The molecule has 2 amide bonds. The van der Waals surface area contributed by atoms with Gasteiger partial charge in [-0.15, -0.1) is 0 Å². The summed E-state index contributed by atoms with van der Waals surface area (Å²) in [5.74, 6) is 1.28. The molecule has 1 saturated carbocycles. The second-order valence-corrected chi connectivity index (χ2v) is 7.86. The second kappa shape index (κ2) is 7.23. The fourth-order valence-electron chi connectivity index (χ4n) is 4.58. The van der Waals surface area contributed by atoms with E-state index in [-0.39, 0.29) is 0 Å². The number of carbonyl (C=O) groups excluding carboxylic acids is 1. The second-order valence-electron chi connectivity index (χ2n) is 7.86. The van der Waals surface area contributed by atoms with Crippen LogP contribution in [0.4, 0.5) is 10.6 Å². The number of hydrogen-bond acceptors (Lipinski definition) is 5. The maximum atomic E-state index is 12.3. The average Bonchev–Trinajstić information content (AvgIpc) is 3.33. The molecule has 3 heterocycles. The van der Waals surface area contributed by atoms with Crippen molar-refractivity contribution in [1.29, 1.82) is 0 Å². The number of quaternary nitrogens is 1. The van der Waals surface area contributed by atoms with E-state index in [0.29, 0.717) is 36.7 Å². The Kier molecular flexibility index (Phi) is 4.76. The van der Waals surface area contributed by atoms with Crippen LogP contribution < -0.4 is 15.7 Å². The van der Waals surface area contributed by atoms with Gasteiger partial charge in [0.1, 0.15) is 17.4 Å². The number of rotatable bonds is 3. The van der Waals surface area contributed by atoms with E-state index in [9.17, 15) is 9.90 Å². The van der Waals surface area contributed by atoms with E-state index in [1.807, 2.05) is 12.3 Å². The molecule has 9 nitrogen and oxygen atoms in total. The molecule has 4 rings (SSSR count). The number of nitrogens with zero attached hydrogens (tertiary/aromatic N) is 4. The molecule has 0 aromatic carbocycles. The fourth-order valence-corrected chi connectivity index (χ4v) is 4.58. The number of H-pyrrole nitrogens is 1. The third-order valence-electron chi connectivity index (χ3n) is 5.92. The normalized spacial score (nSPS) is 26.6. The van der Waals surface area contributed by atoms with Gasteiger partial charge in [0.2, 0.25) is 5.82 Å². The quantitative estimate of drug-likeness (QED) is 0.489. The largest absolute Gasteiger partial charge is 0.858 e. The van der Waals surface area contributed by atoms with Gasteiger partial charge in [0.25, 0.3) is 0 Å². The molecule has 2 aromatic rings. The number of urea groups is 1. The molecule has 0 radical (unpaired) electrons. The monoisotopic (exact) mass is 383 g/mol. The van der Waals surface area contributed by atoms with Crippen LogP contribution in [0.25, 0.3) is 11.0 Å². The topological polar surface area (TPSA) is 128 Å². The predicted molar refractivity (Wildman–Crippen MR) is 103 cm³/mol. The molecule has 4 N–H and O–H groups in total. The van der Waals surface area contributed by atoms with Crippen molar-refractivity contribution in [3.63, 3.8) is 0 Å². The molecule has 2 aromatic heterocycles. The lowest BCUT2D eigenvalue weighted by Gasteiger charge is -2.22. The van der Waals surface area contributed by atoms with Crippen LogP contribution in [0, 0.1) is 11.8 Å². The number of aliphatic imine (C=N–C) groups is 1. The van der Waals surface area contributed by atoms with E-state index < -0.39 is 11.9 Å². The number of fused-ring (bicyclic) bond motifs is 2. The number of allylic oxidation sites excluding steroid dienone is 1. The number of nitrogens with two attached hydrogens (primary N) is 1. The highest BCUT2D eigenvalue weighted by Crippen LogP contribution is 2.37. The van der Waals surface area contributed by atoms with Gasteiger partial charge in [0.05, 0.1) is 13.1 Å². The molecular weight excluding hydrogens is 358 g/mol. The van der Waals surface area contributed by atoms with Gasteiger partial charge in [-0.25, -0.2) is 14.8 Å². The van der Waals surface area contributed by atoms with E-state index in [4.69, 9.17) is 5.73 Å². The maximum absolute atomic E-state index is 12.3. The summed E-state index contributed by atoms with van der Waals surface area (Å²) < 4.78 is 0. The molecule has 1 aliphatic heterocycles. The Bertz CT molecular complexity index is 933. The first-order chi connectivity index (χ1) is 13.4. The molecule has 2 aliphatic rings. The lowest BCUT2D eigenvalue weighted by molar-refractivity contribution is -0.840. The lowest BCUT2D eigenvalue weighted by atomic mass is 10.0. The Hall–Kier alpha value is -2.94. The van der Waals surface area contributed by atoms with E-state index in [1.54, 1.807) is 18.2 Å². The van der Waals surface area contributed by atoms with Crippen LogP contribution in [0.2, 0.25) is 0 Å². The Labute approximate surface area is 163 Å². The molecule has 148 valence electrons. The molecule has 3 unspecified atom stereocenters. The summed E-state index contributed by atoms with van der Waals surface area (Å²) in [6, 6.07) is 2.00. The highest BCUT2D eigenvalue weighted by Gasteiger charge is 2.46. The van der Waals surface area contributed by atoms with Gasteiger partial charge in [0, 0.05) is 37.8 Å². The first-order valence-electron chi connectivity index (χ1n) is 9.52. The third-order valence-corrected chi connectivity index (χ3v) is 5.92. The zero-order valence-corrected chi connectivity index (χ0v) is 16.1. The van der Waals surface area contributed by atoms with Gasteiger partial charge in [0.15, 0.2) is 0 Å². The smallest absolute Gasteiger partial charge is 0.342 e.